The summed E-state index contributed by atoms with van der Waals surface area (Å²) in [4.78, 5) is 14.1. The van der Waals surface area contributed by atoms with Crippen molar-refractivity contribution in [3.63, 3.8) is 0 Å². The van der Waals surface area contributed by atoms with Gasteiger partial charge in [0.05, 0.1) is 18.8 Å². The number of nitrogens with one attached hydrogen (secondary N) is 1. The Hall–Kier alpha value is -2.27. The summed E-state index contributed by atoms with van der Waals surface area (Å²) in [6, 6.07) is 10.5. The lowest BCUT2D eigenvalue weighted by Crippen LogP contribution is -2.39. The fourth-order valence-electron chi connectivity index (χ4n) is 1.80. The van der Waals surface area contributed by atoms with Crippen molar-refractivity contribution >= 4 is 17.3 Å². The Labute approximate surface area is 118 Å². The van der Waals surface area contributed by atoms with Crippen molar-refractivity contribution in [3.8, 4) is 0 Å². The van der Waals surface area contributed by atoms with Gasteiger partial charge in [-0.1, -0.05) is 0 Å². The SMILES string of the molecule is CC(C(=O)Nc1ccc(N)cc1)N(C)Cc1ccco1. The van der Waals surface area contributed by atoms with Gasteiger partial charge < -0.3 is 15.5 Å². The van der Waals surface area contributed by atoms with Crippen LogP contribution in [0.1, 0.15) is 12.7 Å². The third-order valence-corrected chi connectivity index (χ3v) is 3.20. The molecule has 0 saturated carbocycles. The first-order chi connectivity index (χ1) is 9.56. The zero-order valence-corrected chi connectivity index (χ0v) is 11.7. The van der Waals surface area contributed by atoms with Crippen LogP contribution in [-0.4, -0.2) is 23.9 Å². The first-order valence-electron chi connectivity index (χ1n) is 6.45. The van der Waals surface area contributed by atoms with E-state index in [0.717, 1.165) is 11.4 Å². The van der Waals surface area contributed by atoms with E-state index in [9.17, 15) is 4.79 Å². The van der Waals surface area contributed by atoms with E-state index in [0.29, 0.717) is 12.2 Å². The van der Waals surface area contributed by atoms with E-state index in [-0.39, 0.29) is 11.9 Å². The minimum Gasteiger partial charge on any atom is -0.468 e. The summed E-state index contributed by atoms with van der Waals surface area (Å²) in [5.74, 6) is 0.767. The van der Waals surface area contributed by atoms with Crippen molar-refractivity contribution in [1.82, 2.24) is 4.90 Å². The predicted molar refractivity (Wildman–Crippen MR) is 79.1 cm³/mol. The van der Waals surface area contributed by atoms with Gasteiger partial charge in [-0.3, -0.25) is 9.69 Å². The number of anilines is 2. The van der Waals surface area contributed by atoms with Crippen molar-refractivity contribution in [3.05, 3.63) is 48.4 Å². The average Bonchev–Trinajstić information content (AvgIpc) is 2.93. The molecule has 0 spiro atoms. The number of likely N-dealkylation sites (N-methyl/N-ethyl adjacent to an activating group) is 1. The number of furan rings is 1. The summed E-state index contributed by atoms with van der Waals surface area (Å²) in [5, 5.41) is 2.86. The number of nitrogens with zero attached hydrogens (tertiary/aromatic N) is 1. The highest BCUT2D eigenvalue weighted by atomic mass is 16.3. The van der Waals surface area contributed by atoms with E-state index >= 15 is 0 Å². The molecule has 0 fully saturated rings. The molecule has 2 rings (SSSR count). The molecule has 0 aliphatic rings. The number of rotatable bonds is 5. The second-order valence-electron chi connectivity index (χ2n) is 4.78. The topological polar surface area (TPSA) is 71.5 Å². The fraction of sp³-hybridized carbons (Fsp3) is 0.267. The van der Waals surface area contributed by atoms with Gasteiger partial charge in [-0.05, 0) is 50.4 Å². The molecule has 106 valence electrons. The molecule has 1 amide bonds. The number of carbonyl (C=O) groups is 1. The Bertz CT molecular complexity index is 549. The molecule has 1 heterocycles. The molecule has 2 aromatic rings. The van der Waals surface area contributed by atoms with E-state index in [4.69, 9.17) is 10.2 Å². The second kappa shape index (κ2) is 6.25. The maximum Gasteiger partial charge on any atom is 0.241 e. The Morgan fingerprint density at radius 2 is 2.05 bits per heavy atom. The van der Waals surface area contributed by atoms with Crippen LogP contribution in [0.3, 0.4) is 0 Å². The number of hydrogen-bond acceptors (Lipinski definition) is 4. The Morgan fingerprint density at radius 3 is 2.65 bits per heavy atom. The maximum absolute atomic E-state index is 12.2. The van der Waals surface area contributed by atoms with Crippen molar-refractivity contribution < 1.29 is 9.21 Å². The van der Waals surface area contributed by atoms with Gasteiger partial charge in [0.2, 0.25) is 5.91 Å². The number of benzene rings is 1. The van der Waals surface area contributed by atoms with Crippen molar-refractivity contribution in [1.29, 1.82) is 0 Å². The van der Waals surface area contributed by atoms with Gasteiger partial charge >= 0.3 is 0 Å². The lowest BCUT2D eigenvalue weighted by atomic mass is 10.2. The van der Waals surface area contributed by atoms with Crippen LogP contribution in [0.4, 0.5) is 11.4 Å². The highest BCUT2D eigenvalue weighted by Crippen LogP contribution is 2.12. The fourth-order valence-corrected chi connectivity index (χ4v) is 1.80. The minimum atomic E-state index is -0.266. The Kier molecular flexibility index (Phi) is 4.42. The number of nitrogens with two attached hydrogens (primary N) is 1. The van der Waals surface area contributed by atoms with Crippen molar-refractivity contribution in [2.75, 3.05) is 18.1 Å². The molecule has 1 aromatic carbocycles. The van der Waals surface area contributed by atoms with Gasteiger partial charge in [0.15, 0.2) is 0 Å². The summed E-state index contributed by atoms with van der Waals surface area (Å²) in [7, 11) is 1.88. The third-order valence-electron chi connectivity index (χ3n) is 3.20. The molecule has 0 bridgehead atoms. The van der Waals surface area contributed by atoms with Crippen LogP contribution in [0.25, 0.3) is 0 Å². The summed E-state index contributed by atoms with van der Waals surface area (Å²) in [6.45, 7) is 2.44. The molecule has 0 saturated heterocycles. The lowest BCUT2D eigenvalue weighted by molar-refractivity contribution is -0.120. The van der Waals surface area contributed by atoms with Gasteiger partial charge in [-0.2, -0.15) is 0 Å². The van der Waals surface area contributed by atoms with Crippen LogP contribution in [0.5, 0.6) is 0 Å². The molecule has 20 heavy (non-hydrogen) atoms. The number of amides is 1. The van der Waals surface area contributed by atoms with Gasteiger partial charge in [-0.25, -0.2) is 0 Å². The number of hydrogen-bond donors (Lipinski definition) is 2. The zero-order chi connectivity index (χ0) is 14.5. The molecule has 1 aromatic heterocycles. The van der Waals surface area contributed by atoms with Crippen LogP contribution in [-0.2, 0) is 11.3 Å². The van der Waals surface area contributed by atoms with Crippen LogP contribution >= 0.6 is 0 Å². The molecule has 0 aliphatic carbocycles. The molecule has 5 heteroatoms. The van der Waals surface area contributed by atoms with E-state index in [1.54, 1.807) is 30.5 Å². The molecule has 3 N–H and O–H groups in total. The summed E-state index contributed by atoms with van der Waals surface area (Å²) >= 11 is 0. The smallest absolute Gasteiger partial charge is 0.241 e. The molecular formula is C15H19N3O2. The Balaban J connectivity index is 1.92. The van der Waals surface area contributed by atoms with Crippen LogP contribution in [0, 0.1) is 0 Å². The predicted octanol–water partition coefficient (Wildman–Crippen LogP) is 2.32. The highest BCUT2D eigenvalue weighted by Gasteiger charge is 2.18. The molecule has 0 radical (unpaired) electrons. The van der Waals surface area contributed by atoms with Gasteiger partial charge in [0.25, 0.3) is 0 Å². The van der Waals surface area contributed by atoms with Crippen LogP contribution in [0.15, 0.2) is 47.1 Å². The normalized spacial score (nSPS) is 12.3. The van der Waals surface area contributed by atoms with E-state index in [1.165, 1.54) is 0 Å². The number of nitrogen functional groups attached to an aromatic ring is 1. The molecular weight excluding hydrogens is 254 g/mol. The van der Waals surface area contributed by atoms with Crippen molar-refractivity contribution in [2.24, 2.45) is 0 Å². The summed E-state index contributed by atoms with van der Waals surface area (Å²) in [5.41, 5.74) is 7.02. The van der Waals surface area contributed by atoms with Crippen molar-refractivity contribution in [2.45, 2.75) is 19.5 Å². The number of carbonyl (C=O) groups excluding carboxylic acids is 1. The van der Waals surface area contributed by atoms with E-state index in [1.807, 2.05) is 31.0 Å². The molecule has 0 aliphatic heterocycles. The van der Waals surface area contributed by atoms with E-state index in [2.05, 4.69) is 5.32 Å². The largest absolute Gasteiger partial charge is 0.468 e. The zero-order valence-electron chi connectivity index (χ0n) is 11.7. The molecule has 5 nitrogen and oxygen atoms in total. The summed E-state index contributed by atoms with van der Waals surface area (Å²) < 4.78 is 5.28. The first kappa shape index (κ1) is 14.1. The minimum absolute atomic E-state index is 0.0659. The Morgan fingerprint density at radius 1 is 1.35 bits per heavy atom. The quantitative estimate of drug-likeness (QED) is 0.820. The lowest BCUT2D eigenvalue weighted by Gasteiger charge is -2.22. The van der Waals surface area contributed by atoms with Gasteiger partial charge in [0, 0.05) is 11.4 Å². The monoisotopic (exact) mass is 273 g/mol. The van der Waals surface area contributed by atoms with E-state index < -0.39 is 0 Å². The summed E-state index contributed by atoms with van der Waals surface area (Å²) in [6.07, 6.45) is 1.63. The molecule has 1 unspecified atom stereocenters. The van der Waals surface area contributed by atoms with Gasteiger partial charge in [-0.15, -0.1) is 0 Å². The second-order valence-corrected chi connectivity index (χ2v) is 4.78. The molecule has 1 atom stereocenters. The van der Waals surface area contributed by atoms with Crippen LogP contribution < -0.4 is 11.1 Å². The maximum atomic E-state index is 12.2. The average molecular weight is 273 g/mol. The van der Waals surface area contributed by atoms with Gasteiger partial charge in [0.1, 0.15) is 5.76 Å². The highest BCUT2D eigenvalue weighted by molar-refractivity contribution is 5.94. The third kappa shape index (κ3) is 3.61. The first-order valence-corrected chi connectivity index (χ1v) is 6.45. The van der Waals surface area contributed by atoms with Crippen LogP contribution in [0.2, 0.25) is 0 Å². The standard InChI is InChI=1S/C15H19N3O2/c1-11(18(2)10-14-4-3-9-20-14)15(19)17-13-7-5-12(16)6-8-13/h3-9,11H,10,16H2,1-2H3,(H,17,19).